The van der Waals surface area contributed by atoms with Gasteiger partial charge in [0.2, 0.25) is 23.6 Å². The molecule has 10 atom stereocenters. The van der Waals surface area contributed by atoms with Crippen LogP contribution in [0.1, 0.15) is 175 Å². The van der Waals surface area contributed by atoms with Crippen LogP contribution >= 0.6 is 15.6 Å². The number of rotatable bonds is 12. The van der Waals surface area contributed by atoms with Gasteiger partial charge in [-0.1, -0.05) is 0 Å². The first-order chi connectivity index (χ1) is 42.5. The standard InChI is InChI=1S/2C32H35N4O8P/c2*1-31(2)29(27(35-13-5-7-25(35)37)21-15-19(17-33)9-11-23(21)41-31)43-45(39,40)44-30-28(36-14-6-8-26(36)38)22-16-20(18-34)10-12-24(22)42-32(30,3)4/h2*9-12,15-16,27-30H,5-8,13-14H2,1-4H3,(H,39,40)/t27-,28+,29+,30-;27-,28+,29-,30+. The average Bonchev–Trinajstić information content (AvgIpc) is 1.00. The van der Waals surface area contributed by atoms with Gasteiger partial charge >= 0.3 is 15.6 Å². The Balaban J connectivity index is 0.000000185. The number of carbonyl (C=O) groups excluding carboxylic acids is 4. The van der Waals surface area contributed by atoms with Gasteiger partial charge in [-0.3, -0.25) is 37.3 Å². The topological polar surface area (TPSA) is 325 Å². The first kappa shape index (κ1) is 63.7. The molecule has 4 fully saturated rings. The first-order valence-electron chi connectivity index (χ1n) is 30.0. The number of hydrogen-bond acceptors (Lipinski definition) is 18. The zero-order valence-electron chi connectivity index (χ0n) is 51.1. The third-order valence-electron chi connectivity index (χ3n) is 18.0. The van der Waals surface area contributed by atoms with Gasteiger partial charge in [0.05, 0.1) is 70.7 Å². The maximum atomic E-state index is 14.2. The molecule has 0 saturated carbocycles. The number of nitriles is 4. The maximum Gasteiger partial charge on any atom is 0.473 e. The van der Waals surface area contributed by atoms with E-state index in [1.54, 1.807) is 148 Å². The second kappa shape index (κ2) is 23.7. The van der Waals surface area contributed by atoms with E-state index in [9.17, 15) is 59.1 Å². The average molecular weight is 1270 g/mol. The molecule has 26 heteroatoms. The lowest BCUT2D eigenvalue weighted by atomic mass is 9.85. The first-order valence-corrected chi connectivity index (χ1v) is 33.0. The Bertz CT molecular complexity index is 3400. The number of amides is 4. The lowest BCUT2D eigenvalue weighted by Crippen LogP contribution is -2.56. The van der Waals surface area contributed by atoms with Gasteiger partial charge in [-0.2, -0.15) is 21.0 Å². The number of carbonyl (C=O) groups is 4. The van der Waals surface area contributed by atoms with Crippen LogP contribution in [0.2, 0.25) is 0 Å². The lowest BCUT2D eigenvalue weighted by molar-refractivity contribution is -0.145. The highest BCUT2D eigenvalue weighted by molar-refractivity contribution is 7.47. The lowest BCUT2D eigenvalue weighted by Gasteiger charge is -2.49. The molecule has 2 N–H and O–H groups in total. The van der Waals surface area contributed by atoms with Crippen molar-refractivity contribution < 1.29 is 75.1 Å². The molecule has 0 aliphatic carbocycles. The van der Waals surface area contributed by atoms with Gasteiger partial charge in [-0.15, -0.1) is 0 Å². The molecular weight excluding hydrogens is 1200 g/mol. The largest absolute Gasteiger partial charge is 0.485 e. The fourth-order valence-corrected chi connectivity index (χ4v) is 16.6. The van der Waals surface area contributed by atoms with E-state index in [0.717, 1.165) is 0 Å². The van der Waals surface area contributed by atoms with E-state index in [2.05, 4.69) is 24.3 Å². The molecule has 4 aromatic rings. The summed E-state index contributed by atoms with van der Waals surface area (Å²) in [5, 5.41) is 38.4. The van der Waals surface area contributed by atoms with E-state index in [1.807, 2.05) is 0 Å². The van der Waals surface area contributed by atoms with E-state index in [1.165, 1.54) is 0 Å². The number of nitrogens with zero attached hydrogens (tertiary/aromatic N) is 8. The Morgan fingerprint density at radius 1 is 0.400 bits per heavy atom. The van der Waals surface area contributed by atoms with Crippen LogP contribution in [0.5, 0.6) is 23.0 Å². The van der Waals surface area contributed by atoms with Crippen LogP contribution in [-0.2, 0) is 46.4 Å². The van der Waals surface area contributed by atoms with E-state index < -0.39 is 86.6 Å². The Kier molecular flexibility index (Phi) is 16.8. The van der Waals surface area contributed by atoms with Crippen molar-refractivity contribution in [2.75, 3.05) is 26.2 Å². The number of benzene rings is 4. The van der Waals surface area contributed by atoms with Crippen LogP contribution in [-0.4, -0.2) is 126 Å². The van der Waals surface area contributed by atoms with Crippen LogP contribution < -0.4 is 18.9 Å². The summed E-state index contributed by atoms with van der Waals surface area (Å²) >= 11 is 0. The molecule has 0 radical (unpaired) electrons. The zero-order valence-corrected chi connectivity index (χ0v) is 52.9. The molecule has 2 unspecified atom stereocenters. The molecule has 90 heavy (non-hydrogen) atoms. The smallest absolute Gasteiger partial charge is 0.473 e. The molecular formula is C64H70N8O16P2. The highest BCUT2D eigenvalue weighted by Gasteiger charge is 2.59. The van der Waals surface area contributed by atoms with Crippen molar-refractivity contribution in [2.45, 2.75) is 178 Å². The molecule has 12 rings (SSSR count). The molecule has 472 valence electrons. The van der Waals surface area contributed by atoms with Crippen LogP contribution in [0.3, 0.4) is 0 Å². The third kappa shape index (κ3) is 12.0. The predicted molar refractivity (Wildman–Crippen MR) is 317 cm³/mol. The van der Waals surface area contributed by atoms with Crippen molar-refractivity contribution in [1.82, 2.24) is 19.6 Å². The minimum Gasteiger partial charge on any atom is -0.485 e. The Morgan fingerprint density at radius 2 is 0.600 bits per heavy atom. The molecule has 0 spiro atoms. The van der Waals surface area contributed by atoms with Crippen LogP contribution in [0.15, 0.2) is 72.8 Å². The third-order valence-corrected chi connectivity index (χ3v) is 20.0. The van der Waals surface area contributed by atoms with E-state index >= 15 is 0 Å². The molecule has 4 saturated heterocycles. The van der Waals surface area contributed by atoms with Crippen molar-refractivity contribution in [2.24, 2.45) is 0 Å². The molecule has 8 aliphatic heterocycles. The highest BCUT2D eigenvalue weighted by atomic mass is 31.2. The van der Waals surface area contributed by atoms with Gasteiger partial charge in [-0.05, 0) is 154 Å². The molecule has 8 aliphatic rings. The van der Waals surface area contributed by atoms with Crippen molar-refractivity contribution >= 4 is 39.3 Å². The maximum absolute atomic E-state index is 14.2. The van der Waals surface area contributed by atoms with Gasteiger partial charge in [0, 0.05) is 74.1 Å². The molecule has 0 aromatic heterocycles. The van der Waals surface area contributed by atoms with E-state index in [4.69, 9.17) is 37.0 Å². The fourth-order valence-electron chi connectivity index (χ4n) is 13.8. The van der Waals surface area contributed by atoms with Gasteiger partial charge in [0.1, 0.15) is 69.8 Å². The van der Waals surface area contributed by atoms with Crippen LogP contribution in [0, 0.1) is 45.3 Å². The Morgan fingerprint density at radius 3 is 0.767 bits per heavy atom. The van der Waals surface area contributed by atoms with Gasteiger partial charge in [0.15, 0.2) is 0 Å². The summed E-state index contributed by atoms with van der Waals surface area (Å²) in [6.07, 6.45) is -1.07. The highest BCUT2D eigenvalue weighted by Crippen LogP contribution is 2.60. The van der Waals surface area contributed by atoms with Crippen molar-refractivity contribution in [3.8, 4) is 47.3 Å². The summed E-state index contributed by atoms with van der Waals surface area (Å²) in [4.78, 5) is 81.8. The number of phosphoric acid groups is 2. The second-order valence-corrected chi connectivity index (χ2v) is 28.6. The molecule has 24 nitrogen and oxygen atoms in total. The Labute approximate surface area is 521 Å². The van der Waals surface area contributed by atoms with Crippen LogP contribution in [0.4, 0.5) is 0 Å². The van der Waals surface area contributed by atoms with Crippen molar-refractivity contribution in [1.29, 1.82) is 21.0 Å². The van der Waals surface area contributed by atoms with Gasteiger partial charge in [0.25, 0.3) is 0 Å². The summed E-state index contributed by atoms with van der Waals surface area (Å²) in [5.41, 5.74) is -1.53. The minimum atomic E-state index is -5.01. The normalized spacial score (nSPS) is 27.8. The van der Waals surface area contributed by atoms with Crippen LogP contribution in [0.25, 0.3) is 0 Å². The number of likely N-dealkylation sites (tertiary alicyclic amines) is 4. The summed E-state index contributed by atoms with van der Waals surface area (Å²) in [7, 11) is -10.0. The zero-order chi connectivity index (χ0) is 64.6. The predicted octanol–water partition coefficient (Wildman–Crippen LogP) is 9.34. The summed E-state index contributed by atoms with van der Waals surface area (Å²) in [5.74, 6) is 1.18. The van der Waals surface area contributed by atoms with Gasteiger partial charge in [-0.25, -0.2) is 9.13 Å². The molecule has 8 heterocycles. The summed E-state index contributed by atoms with van der Waals surface area (Å²) in [6, 6.07) is 24.5. The number of phosphoric ester groups is 2. The van der Waals surface area contributed by atoms with Crippen molar-refractivity contribution in [3.05, 3.63) is 117 Å². The fraction of sp³-hybridized carbons (Fsp3) is 0.500. The SMILES string of the molecule is CC1(C)Oc2ccc(C#N)cc2[C@@H](N2CCCC2=O)[C@H]1OP(=O)(O)O[C@H]1[C@@H](N2CCCC2=O)c2cc(C#N)ccc2OC1(C)C.CC1(C)Oc2ccc(C#N)cc2[C@H](N2CCCC2=O)[C@H]1OP(=O)(O)O[C@H]1[C@H](N2CCCC2=O)c2cc(C#N)ccc2OC1(C)C. The second-order valence-electron chi connectivity index (χ2n) is 25.9. The summed E-state index contributed by atoms with van der Waals surface area (Å²) < 4.78 is 77.5. The number of fused-ring (bicyclic) bond motifs is 4. The molecule has 4 aromatic carbocycles. The quantitative estimate of drug-likeness (QED) is 0.125. The summed E-state index contributed by atoms with van der Waals surface area (Å²) in [6.45, 7) is 15.2. The molecule has 0 bridgehead atoms. The van der Waals surface area contributed by atoms with E-state index in [-0.39, 0.29) is 23.6 Å². The molecule has 4 amide bonds. The number of ether oxygens (including phenoxy) is 4. The van der Waals surface area contributed by atoms with Crippen molar-refractivity contribution in [3.63, 3.8) is 0 Å². The number of hydrogen-bond donors (Lipinski definition) is 2. The monoisotopic (exact) mass is 1270 g/mol. The minimum absolute atomic E-state index is 0.146. The van der Waals surface area contributed by atoms with Gasteiger partial charge < -0.3 is 48.3 Å². The van der Waals surface area contributed by atoms with E-state index in [0.29, 0.717) is 145 Å². The Hall–Kier alpha value is -7.86.